The summed E-state index contributed by atoms with van der Waals surface area (Å²) in [6.45, 7) is 5.83. The van der Waals surface area contributed by atoms with Crippen LogP contribution in [0.25, 0.3) is 0 Å². The van der Waals surface area contributed by atoms with Crippen LogP contribution >= 0.6 is 0 Å². The molecule has 17 heavy (non-hydrogen) atoms. The van der Waals surface area contributed by atoms with E-state index in [0.717, 1.165) is 31.0 Å². The first-order valence-electron chi connectivity index (χ1n) is 6.26. The number of rotatable bonds is 8. The quantitative estimate of drug-likeness (QED) is 0.730. The van der Waals surface area contributed by atoms with E-state index in [-0.39, 0.29) is 0 Å². The Labute approximate surface area is 104 Å². The molecule has 0 saturated heterocycles. The normalized spacial score (nSPS) is 12.2. The zero-order chi connectivity index (χ0) is 12.5. The summed E-state index contributed by atoms with van der Waals surface area (Å²) in [5.41, 5.74) is 0. The number of anilines is 2. The van der Waals surface area contributed by atoms with E-state index in [4.69, 9.17) is 4.74 Å². The van der Waals surface area contributed by atoms with Gasteiger partial charge in [0.1, 0.15) is 11.6 Å². The van der Waals surface area contributed by atoms with Gasteiger partial charge in [-0.15, -0.1) is 0 Å². The Balaban J connectivity index is 2.60. The first-order chi connectivity index (χ1) is 8.30. The van der Waals surface area contributed by atoms with Crippen molar-refractivity contribution in [3.8, 4) is 0 Å². The van der Waals surface area contributed by atoms with Gasteiger partial charge in [-0.1, -0.05) is 19.4 Å². The Morgan fingerprint density at radius 3 is 2.71 bits per heavy atom. The number of methoxy groups -OCH3 is 1. The third-order valence-electron chi connectivity index (χ3n) is 2.46. The molecule has 1 unspecified atom stereocenters. The number of nitrogens with zero attached hydrogens (tertiary/aromatic N) is 1. The van der Waals surface area contributed by atoms with Gasteiger partial charge in [-0.05, 0) is 25.5 Å². The predicted molar refractivity (Wildman–Crippen MR) is 72.6 cm³/mol. The second kappa shape index (κ2) is 7.90. The number of hydrogen-bond acceptors (Lipinski definition) is 4. The van der Waals surface area contributed by atoms with E-state index in [9.17, 15) is 0 Å². The minimum absolute atomic E-state index is 0.328. The average molecular weight is 237 g/mol. The van der Waals surface area contributed by atoms with Crippen LogP contribution in [0.3, 0.4) is 0 Å². The fourth-order valence-electron chi connectivity index (χ4n) is 1.75. The summed E-state index contributed by atoms with van der Waals surface area (Å²) in [5.74, 6) is 1.81. The SMILES string of the molecule is CCCC(COC)Nc1cccc(NCC)n1. The zero-order valence-electron chi connectivity index (χ0n) is 11.0. The third-order valence-corrected chi connectivity index (χ3v) is 2.46. The van der Waals surface area contributed by atoms with Gasteiger partial charge >= 0.3 is 0 Å². The highest BCUT2D eigenvalue weighted by atomic mass is 16.5. The van der Waals surface area contributed by atoms with Gasteiger partial charge in [-0.2, -0.15) is 0 Å². The Morgan fingerprint density at radius 2 is 2.06 bits per heavy atom. The van der Waals surface area contributed by atoms with Crippen molar-refractivity contribution in [2.24, 2.45) is 0 Å². The van der Waals surface area contributed by atoms with Crippen LogP contribution in [-0.4, -0.2) is 31.3 Å². The van der Waals surface area contributed by atoms with E-state index in [2.05, 4.69) is 29.5 Å². The van der Waals surface area contributed by atoms with Gasteiger partial charge in [-0.3, -0.25) is 0 Å². The summed E-state index contributed by atoms with van der Waals surface area (Å²) in [6, 6.07) is 6.29. The van der Waals surface area contributed by atoms with E-state index in [1.807, 2.05) is 18.2 Å². The van der Waals surface area contributed by atoms with Crippen LogP contribution in [-0.2, 0) is 4.74 Å². The molecule has 0 fully saturated rings. The summed E-state index contributed by atoms with van der Waals surface area (Å²) in [7, 11) is 1.73. The standard InChI is InChI=1S/C13H23N3O/c1-4-7-11(10-17-3)15-13-9-6-8-12(16-13)14-5-2/h6,8-9,11H,4-5,7,10H2,1-3H3,(H2,14,15,16). The van der Waals surface area contributed by atoms with Crippen LogP contribution in [0, 0.1) is 0 Å². The van der Waals surface area contributed by atoms with E-state index >= 15 is 0 Å². The molecule has 1 rings (SSSR count). The minimum atomic E-state index is 0.328. The molecule has 4 heteroatoms. The molecule has 1 aromatic heterocycles. The van der Waals surface area contributed by atoms with Crippen LogP contribution in [0.2, 0.25) is 0 Å². The summed E-state index contributed by atoms with van der Waals surface area (Å²) >= 11 is 0. The minimum Gasteiger partial charge on any atom is -0.383 e. The number of ether oxygens (including phenoxy) is 1. The molecule has 0 bridgehead atoms. The fourth-order valence-corrected chi connectivity index (χ4v) is 1.75. The topological polar surface area (TPSA) is 46.2 Å². The molecule has 0 aliphatic heterocycles. The van der Waals surface area contributed by atoms with Crippen LogP contribution < -0.4 is 10.6 Å². The summed E-state index contributed by atoms with van der Waals surface area (Å²) in [6.07, 6.45) is 2.22. The Hall–Kier alpha value is -1.29. The molecule has 2 N–H and O–H groups in total. The first kappa shape index (κ1) is 13.8. The van der Waals surface area contributed by atoms with Crippen LogP contribution in [0.15, 0.2) is 18.2 Å². The lowest BCUT2D eigenvalue weighted by molar-refractivity contribution is 0.182. The van der Waals surface area contributed by atoms with Crippen molar-refractivity contribution in [2.75, 3.05) is 30.9 Å². The lowest BCUT2D eigenvalue weighted by Crippen LogP contribution is -2.25. The second-order valence-corrected chi connectivity index (χ2v) is 4.02. The largest absolute Gasteiger partial charge is 0.383 e. The van der Waals surface area contributed by atoms with Crippen molar-refractivity contribution in [3.63, 3.8) is 0 Å². The molecule has 0 amide bonds. The molecule has 4 nitrogen and oxygen atoms in total. The molecule has 0 aliphatic rings. The van der Waals surface area contributed by atoms with Gasteiger partial charge in [0, 0.05) is 13.7 Å². The van der Waals surface area contributed by atoms with Crippen molar-refractivity contribution in [1.82, 2.24) is 4.98 Å². The highest BCUT2D eigenvalue weighted by Gasteiger charge is 2.07. The van der Waals surface area contributed by atoms with Gasteiger partial charge in [0.2, 0.25) is 0 Å². The monoisotopic (exact) mass is 237 g/mol. The predicted octanol–water partition coefficient (Wildman–Crippen LogP) is 2.74. The second-order valence-electron chi connectivity index (χ2n) is 4.02. The highest BCUT2D eigenvalue weighted by molar-refractivity contribution is 5.45. The molecule has 1 atom stereocenters. The Kier molecular flexibility index (Phi) is 6.40. The molecule has 0 spiro atoms. The van der Waals surface area contributed by atoms with E-state index in [1.54, 1.807) is 7.11 Å². The first-order valence-corrected chi connectivity index (χ1v) is 6.26. The fraction of sp³-hybridized carbons (Fsp3) is 0.615. The molecule has 0 saturated carbocycles. The molecular weight excluding hydrogens is 214 g/mol. The summed E-state index contributed by atoms with van der Waals surface area (Å²) in [4.78, 5) is 4.49. The molecule has 96 valence electrons. The van der Waals surface area contributed by atoms with Crippen molar-refractivity contribution in [1.29, 1.82) is 0 Å². The maximum atomic E-state index is 5.20. The van der Waals surface area contributed by atoms with Crippen molar-refractivity contribution < 1.29 is 4.74 Å². The van der Waals surface area contributed by atoms with E-state index in [0.29, 0.717) is 12.6 Å². The Morgan fingerprint density at radius 1 is 1.29 bits per heavy atom. The highest BCUT2D eigenvalue weighted by Crippen LogP contribution is 2.12. The van der Waals surface area contributed by atoms with E-state index in [1.165, 1.54) is 0 Å². The number of hydrogen-bond donors (Lipinski definition) is 2. The molecule has 0 radical (unpaired) electrons. The lowest BCUT2D eigenvalue weighted by atomic mass is 10.2. The smallest absolute Gasteiger partial charge is 0.128 e. The maximum absolute atomic E-state index is 5.20. The van der Waals surface area contributed by atoms with Crippen LogP contribution in [0.4, 0.5) is 11.6 Å². The number of pyridine rings is 1. The maximum Gasteiger partial charge on any atom is 0.128 e. The van der Waals surface area contributed by atoms with Crippen LogP contribution in [0.5, 0.6) is 0 Å². The van der Waals surface area contributed by atoms with Crippen LogP contribution in [0.1, 0.15) is 26.7 Å². The van der Waals surface area contributed by atoms with Crippen molar-refractivity contribution in [3.05, 3.63) is 18.2 Å². The van der Waals surface area contributed by atoms with Crippen molar-refractivity contribution >= 4 is 11.6 Å². The van der Waals surface area contributed by atoms with Gasteiger partial charge in [0.15, 0.2) is 0 Å². The molecular formula is C13H23N3O. The summed E-state index contributed by atoms with van der Waals surface area (Å²) in [5, 5.41) is 6.61. The molecule has 1 heterocycles. The lowest BCUT2D eigenvalue weighted by Gasteiger charge is -2.18. The zero-order valence-corrected chi connectivity index (χ0v) is 11.0. The summed E-state index contributed by atoms with van der Waals surface area (Å²) < 4.78 is 5.20. The molecule has 0 aliphatic carbocycles. The molecule has 1 aromatic rings. The van der Waals surface area contributed by atoms with Gasteiger partial charge in [0.25, 0.3) is 0 Å². The third kappa shape index (κ3) is 5.04. The van der Waals surface area contributed by atoms with Crippen molar-refractivity contribution in [2.45, 2.75) is 32.7 Å². The number of aromatic nitrogens is 1. The van der Waals surface area contributed by atoms with Gasteiger partial charge in [-0.25, -0.2) is 4.98 Å². The number of nitrogens with one attached hydrogen (secondary N) is 2. The Bertz CT molecular complexity index is 311. The van der Waals surface area contributed by atoms with E-state index < -0.39 is 0 Å². The van der Waals surface area contributed by atoms with Gasteiger partial charge < -0.3 is 15.4 Å². The van der Waals surface area contributed by atoms with Gasteiger partial charge in [0.05, 0.1) is 12.6 Å². The average Bonchev–Trinajstić information content (AvgIpc) is 2.30. The molecule has 0 aromatic carbocycles.